The van der Waals surface area contributed by atoms with Gasteiger partial charge in [-0.05, 0) is 37.6 Å². The SMILES string of the molecule is Cc1nnc2ccc(C(=O)N3CCCN(c4cccnn4)CC3)cn12. The maximum absolute atomic E-state index is 12.9. The normalized spacial score (nSPS) is 15.4. The van der Waals surface area contributed by atoms with Crippen LogP contribution in [0.15, 0.2) is 36.7 Å². The van der Waals surface area contributed by atoms with Gasteiger partial charge in [-0.15, -0.1) is 15.3 Å². The molecule has 1 aliphatic heterocycles. The number of hydrogen-bond donors (Lipinski definition) is 0. The first kappa shape index (κ1) is 15.5. The minimum absolute atomic E-state index is 0.0380. The standard InChI is InChI=1S/C17H19N7O/c1-13-19-21-16-6-5-14(12-24(13)16)17(25)23-9-3-8-22(10-11-23)15-4-2-7-18-20-15/h2,4-7,12H,3,8-11H2,1H3. The lowest BCUT2D eigenvalue weighted by molar-refractivity contribution is 0.0766. The number of rotatable bonds is 2. The van der Waals surface area contributed by atoms with Crippen LogP contribution in [0.3, 0.4) is 0 Å². The van der Waals surface area contributed by atoms with E-state index in [-0.39, 0.29) is 5.91 Å². The summed E-state index contributed by atoms with van der Waals surface area (Å²) in [6, 6.07) is 7.48. The van der Waals surface area contributed by atoms with Crippen LogP contribution in [0.1, 0.15) is 22.6 Å². The van der Waals surface area contributed by atoms with E-state index in [1.54, 1.807) is 6.20 Å². The second-order valence-corrected chi connectivity index (χ2v) is 6.11. The van der Waals surface area contributed by atoms with Crippen LogP contribution < -0.4 is 4.90 Å². The maximum atomic E-state index is 12.9. The highest BCUT2D eigenvalue weighted by Crippen LogP contribution is 2.15. The first-order valence-electron chi connectivity index (χ1n) is 8.36. The number of carbonyl (C=O) groups is 1. The van der Waals surface area contributed by atoms with E-state index in [9.17, 15) is 4.79 Å². The molecule has 0 N–H and O–H groups in total. The van der Waals surface area contributed by atoms with Gasteiger partial charge >= 0.3 is 0 Å². The van der Waals surface area contributed by atoms with Crippen LogP contribution in [0.4, 0.5) is 5.82 Å². The molecule has 8 nitrogen and oxygen atoms in total. The monoisotopic (exact) mass is 337 g/mol. The Morgan fingerprint density at radius 3 is 2.80 bits per heavy atom. The van der Waals surface area contributed by atoms with Gasteiger partial charge in [0.25, 0.3) is 5.91 Å². The van der Waals surface area contributed by atoms with E-state index < -0.39 is 0 Å². The van der Waals surface area contributed by atoms with Crippen molar-refractivity contribution in [3.05, 3.63) is 48.0 Å². The van der Waals surface area contributed by atoms with Gasteiger partial charge in [0.05, 0.1) is 5.56 Å². The summed E-state index contributed by atoms with van der Waals surface area (Å²) in [4.78, 5) is 17.0. The largest absolute Gasteiger partial charge is 0.353 e. The molecule has 4 heterocycles. The van der Waals surface area contributed by atoms with E-state index >= 15 is 0 Å². The molecule has 0 aromatic carbocycles. The fourth-order valence-electron chi connectivity index (χ4n) is 3.13. The number of pyridine rings is 1. The molecule has 4 rings (SSSR count). The smallest absolute Gasteiger partial charge is 0.255 e. The van der Waals surface area contributed by atoms with Gasteiger partial charge < -0.3 is 9.80 Å². The summed E-state index contributed by atoms with van der Waals surface area (Å²) >= 11 is 0. The number of nitrogens with zero attached hydrogens (tertiary/aromatic N) is 7. The highest BCUT2D eigenvalue weighted by molar-refractivity contribution is 5.94. The van der Waals surface area contributed by atoms with Gasteiger partial charge in [-0.2, -0.15) is 5.10 Å². The van der Waals surface area contributed by atoms with Crippen LogP contribution >= 0.6 is 0 Å². The van der Waals surface area contributed by atoms with E-state index in [1.165, 1.54) is 0 Å². The Balaban J connectivity index is 1.51. The van der Waals surface area contributed by atoms with Crippen LogP contribution in [0, 0.1) is 6.92 Å². The van der Waals surface area contributed by atoms with Crippen molar-refractivity contribution < 1.29 is 4.79 Å². The molecule has 3 aromatic rings. The average Bonchev–Trinajstić information content (AvgIpc) is 2.87. The van der Waals surface area contributed by atoms with E-state index in [0.717, 1.165) is 43.3 Å². The van der Waals surface area contributed by atoms with Gasteiger partial charge in [-0.3, -0.25) is 9.20 Å². The molecular weight excluding hydrogens is 318 g/mol. The predicted octanol–water partition coefficient (Wildman–Crippen LogP) is 1.18. The molecule has 0 aliphatic carbocycles. The molecule has 1 amide bonds. The number of hydrogen-bond acceptors (Lipinski definition) is 6. The molecule has 0 atom stereocenters. The Morgan fingerprint density at radius 1 is 1.04 bits per heavy atom. The molecule has 25 heavy (non-hydrogen) atoms. The summed E-state index contributed by atoms with van der Waals surface area (Å²) in [6.45, 7) is 4.88. The summed E-state index contributed by atoms with van der Waals surface area (Å²) in [7, 11) is 0. The van der Waals surface area contributed by atoms with Gasteiger partial charge in [0.1, 0.15) is 5.82 Å². The quantitative estimate of drug-likeness (QED) is 0.699. The highest BCUT2D eigenvalue weighted by atomic mass is 16.2. The summed E-state index contributed by atoms with van der Waals surface area (Å²) in [5, 5.41) is 16.2. The fraction of sp³-hybridized carbons (Fsp3) is 0.353. The van der Waals surface area contributed by atoms with Gasteiger partial charge in [-0.25, -0.2) is 0 Å². The van der Waals surface area contributed by atoms with Crippen molar-refractivity contribution in [2.45, 2.75) is 13.3 Å². The number of carbonyl (C=O) groups excluding carboxylic acids is 1. The van der Waals surface area contributed by atoms with Crippen LogP contribution in [-0.4, -0.2) is 61.8 Å². The second-order valence-electron chi connectivity index (χ2n) is 6.11. The van der Waals surface area contributed by atoms with Crippen molar-refractivity contribution in [1.29, 1.82) is 0 Å². The van der Waals surface area contributed by atoms with Gasteiger partial charge in [0.2, 0.25) is 0 Å². The van der Waals surface area contributed by atoms with Crippen LogP contribution in [-0.2, 0) is 0 Å². The number of fused-ring (bicyclic) bond motifs is 1. The van der Waals surface area contributed by atoms with E-state index in [4.69, 9.17) is 0 Å². The minimum Gasteiger partial charge on any atom is -0.353 e. The minimum atomic E-state index is 0.0380. The van der Waals surface area contributed by atoms with Crippen LogP contribution in [0.5, 0.6) is 0 Å². The van der Waals surface area contributed by atoms with Gasteiger partial charge in [0, 0.05) is 38.6 Å². The second kappa shape index (κ2) is 6.46. The Kier molecular flexibility index (Phi) is 4.01. The summed E-state index contributed by atoms with van der Waals surface area (Å²) < 4.78 is 1.84. The summed E-state index contributed by atoms with van der Waals surface area (Å²) in [5.41, 5.74) is 1.40. The van der Waals surface area contributed by atoms with Crippen molar-refractivity contribution >= 4 is 17.4 Å². The number of amides is 1. The molecule has 1 aliphatic rings. The molecule has 0 unspecified atom stereocenters. The first-order chi connectivity index (χ1) is 12.2. The predicted molar refractivity (Wildman–Crippen MR) is 92.5 cm³/mol. The van der Waals surface area contributed by atoms with E-state index in [2.05, 4.69) is 25.3 Å². The van der Waals surface area contributed by atoms with Crippen LogP contribution in [0.25, 0.3) is 5.65 Å². The van der Waals surface area contributed by atoms with Crippen molar-refractivity contribution in [3.63, 3.8) is 0 Å². The average molecular weight is 337 g/mol. The summed E-state index contributed by atoms with van der Waals surface area (Å²) in [5.74, 6) is 1.67. The Hall–Kier alpha value is -3.03. The van der Waals surface area contributed by atoms with E-state index in [1.807, 2.05) is 46.7 Å². The van der Waals surface area contributed by atoms with Crippen molar-refractivity contribution in [3.8, 4) is 0 Å². The molecule has 3 aromatic heterocycles. The fourth-order valence-corrected chi connectivity index (χ4v) is 3.13. The third-order valence-electron chi connectivity index (χ3n) is 4.49. The van der Waals surface area contributed by atoms with Crippen molar-refractivity contribution in [1.82, 2.24) is 29.7 Å². The Labute approximate surface area is 145 Å². The first-order valence-corrected chi connectivity index (χ1v) is 8.36. The number of aryl methyl sites for hydroxylation is 1. The maximum Gasteiger partial charge on any atom is 0.255 e. The zero-order chi connectivity index (χ0) is 17.2. The third kappa shape index (κ3) is 3.02. The van der Waals surface area contributed by atoms with Gasteiger partial charge in [-0.1, -0.05) is 0 Å². The molecule has 1 saturated heterocycles. The zero-order valence-electron chi connectivity index (χ0n) is 14.0. The lowest BCUT2D eigenvalue weighted by Crippen LogP contribution is -2.35. The highest BCUT2D eigenvalue weighted by Gasteiger charge is 2.21. The van der Waals surface area contributed by atoms with Crippen molar-refractivity contribution in [2.24, 2.45) is 0 Å². The zero-order valence-corrected chi connectivity index (χ0v) is 14.0. The van der Waals surface area contributed by atoms with Crippen LogP contribution in [0.2, 0.25) is 0 Å². The molecule has 1 fully saturated rings. The van der Waals surface area contributed by atoms with Gasteiger partial charge in [0.15, 0.2) is 11.5 Å². The molecular formula is C17H19N7O. The molecule has 128 valence electrons. The van der Waals surface area contributed by atoms with Crippen molar-refractivity contribution in [2.75, 3.05) is 31.1 Å². The number of anilines is 1. The summed E-state index contributed by atoms with van der Waals surface area (Å²) in [6.07, 6.45) is 4.38. The Morgan fingerprint density at radius 2 is 1.96 bits per heavy atom. The molecule has 0 radical (unpaired) electrons. The number of aromatic nitrogens is 5. The van der Waals surface area contributed by atoms with E-state index in [0.29, 0.717) is 12.1 Å². The lowest BCUT2D eigenvalue weighted by atomic mass is 10.2. The molecule has 8 heteroatoms. The molecule has 0 saturated carbocycles. The Bertz CT molecular complexity index is 892. The molecule has 0 spiro atoms. The topological polar surface area (TPSA) is 79.5 Å². The lowest BCUT2D eigenvalue weighted by Gasteiger charge is -2.22. The molecule has 0 bridgehead atoms. The third-order valence-corrected chi connectivity index (χ3v) is 4.49.